The molecule has 0 radical (unpaired) electrons. The lowest BCUT2D eigenvalue weighted by molar-refractivity contribution is -0.0746. The summed E-state index contributed by atoms with van der Waals surface area (Å²) in [6.07, 6.45) is 1.89. The summed E-state index contributed by atoms with van der Waals surface area (Å²) >= 11 is 0. The number of anilines is 2. The first-order chi connectivity index (χ1) is 12.9. The lowest BCUT2D eigenvalue weighted by atomic mass is 9.91. The van der Waals surface area contributed by atoms with Crippen LogP contribution in [0.25, 0.3) is 0 Å². The molecule has 0 amide bonds. The van der Waals surface area contributed by atoms with E-state index < -0.39 is 23.4 Å². The molecule has 2 aromatic carbocycles. The van der Waals surface area contributed by atoms with Gasteiger partial charge in [0, 0.05) is 23.9 Å². The minimum Gasteiger partial charge on any atom is -0.399 e. The third-order valence-corrected chi connectivity index (χ3v) is 4.70. The van der Waals surface area contributed by atoms with E-state index in [9.17, 15) is 13.9 Å². The summed E-state index contributed by atoms with van der Waals surface area (Å²) in [7, 11) is 0. The molecule has 9 heteroatoms. The van der Waals surface area contributed by atoms with Crippen molar-refractivity contribution in [1.82, 2.24) is 19.8 Å². The van der Waals surface area contributed by atoms with E-state index in [0.29, 0.717) is 12.2 Å². The van der Waals surface area contributed by atoms with Crippen molar-refractivity contribution in [3.05, 3.63) is 71.8 Å². The Bertz CT molecular complexity index is 976. The number of nitrogens with two attached hydrogens (primary N) is 1. The highest BCUT2D eigenvalue weighted by Crippen LogP contribution is 2.40. The maximum Gasteiger partial charge on any atom is 0.155 e. The number of rotatable bonds is 4. The van der Waals surface area contributed by atoms with Crippen LogP contribution in [-0.4, -0.2) is 24.9 Å². The standard InChI is InChI=1S/C18H18F2N6O/c1-18(27,14-5-3-12(19)6-15(14)20)17(26-10-22-9-23-26)25-8-11-2-4-13(21)7-16(11)24-25/h2-7,9-10,17,24,27H,8,21H2,1H3. The molecule has 2 atom stereocenters. The summed E-state index contributed by atoms with van der Waals surface area (Å²) in [6, 6.07) is 8.53. The quantitative estimate of drug-likeness (QED) is 0.609. The van der Waals surface area contributed by atoms with Gasteiger partial charge in [0.1, 0.15) is 29.9 Å². The molecule has 1 aliphatic heterocycles. The number of nitrogens with zero attached hydrogens (tertiary/aromatic N) is 4. The summed E-state index contributed by atoms with van der Waals surface area (Å²) in [5.41, 5.74) is 9.55. The molecule has 4 N–H and O–H groups in total. The van der Waals surface area contributed by atoms with Crippen LogP contribution in [0.5, 0.6) is 0 Å². The molecule has 0 fully saturated rings. The Hall–Kier alpha value is -3.04. The molecule has 4 rings (SSSR count). The minimum atomic E-state index is -1.76. The number of aliphatic hydroxyl groups is 1. The molecule has 3 aromatic rings. The largest absolute Gasteiger partial charge is 0.399 e. The monoisotopic (exact) mass is 372 g/mol. The molecule has 0 saturated carbocycles. The summed E-state index contributed by atoms with van der Waals surface area (Å²) in [5, 5.41) is 17.2. The van der Waals surface area contributed by atoms with Gasteiger partial charge in [-0.3, -0.25) is 0 Å². The Morgan fingerprint density at radius 3 is 2.78 bits per heavy atom. The molecule has 0 spiro atoms. The van der Waals surface area contributed by atoms with E-state index in [4.69, 9.17) is 5.73 Å². The lowest BCUT2D eigenvalue weighted by Gasteiger charge is -2.38. The van der Waals surface area contributed by atoms with Crippen molar-refractivity contribution < 1.29 is 13.9 Å². The van der Waals surface area contributed by atoms with Crippen molar-refractivity contribution in [2.24, 2.45) is 0 Å². The number of benzene rings is 2. The van der Waals surface area contributed by atoms with Gasteiger partial charge in [0.25, 0.3) is 0 Å². The predicted molar refractivity (Wildman–Crippen MR) is 95.0 cm³/mol. The molecular weight excluding hydrogens is 354 g/mol. The number of hydrogen-bond acceptors (Lipinski definition) is 6. The van der Waals surface area contributed by atoms with Gasteiger partial charge < -0.3 is 16.3 Å². The second-order valence-corrected chi connectivity index (χ2v) is 6.68. The third kappa shape index (κ3) is 3.00. The van der Waals surface area contributed by atoms with Gasteiger partial charge in [-0.15, -0.1) is 0 Å². The van der Waals surface area contributed by atoms with Gasteiger partial charge in [0.15, 0.2) is 6.17 Å². The molecule has 0 bridgehead atoms. The van der Waals surface area contributed by atoms with Gasteiger partial charge in [-0.1, -0.05) is 12.1 Å². The number of nitrogens with one attached hydrogen (secondary N) is 1. The Balaban J connectivity index is 1.77. The van der Waals surface area contributed by atoms with Gasteiger partial charge >= 0.3 is 0 Å². The van der Waals surface area contributed by atoms with Crippen molar-refractivity contribution in [3.63, 3.8) is 0 Å². The summed E-state index contributed by atoms with van der Waals surface area (Å²) in [5.74, 6) is -1.56. The van der Waals surface area contributed by atoms with Crippen LogP contribution < -0.4 is 11.2 Å². The Kier molecular flexibility index (Phi) is 4.05. The molecule has 1 aliphatic rings. The predicted octanol–water partition coefficient (Wildman–Crippen LogP) is 2.39. The first-order valence-electron chi connectivity index (χ1n) is 8.30. The summed E-state index contributed by atoms with van der Waals surface area (Å²) in [6.45, 7) is 1.87. The zero-order chi connectivity index (χ0) is 19.2. The van der Waals surface area contributed by atoms with Gasteiger partial charge in [-0.25, -0.2) is 18.4 Å². The number of hydrazine groups is 1. The van der Waals surface area contributed by atoms with E-state index in [1.807, 2.05) is 6.07 Å². The third-order valence-electron chi connectivity index (χ3n) is 4.70. The normalized spacial score (nSPS) is 17.2. The number of fused-ring (bicyclic) bond motifs is 1. The van der Waals surface area contributed by atoms with Gasteiger partial charge in [0.2, 0.25) is 0 Å². The maximum atomic E-state index is 14.5. The van der Waals surface area contributed by atoms with Crippen LogP contribution in [0.4, 0.5) is 20.2 Å². The van der Waals surface area contributed by atoms with Crippen molar-refractivity contribution in [3.8, 4) is 0 Å². The number of hydrogen-bond donors (Lipinski definition) is 3. The summed E-state index contributed by atoms with van der Waals surface area (Å²) < 4.78 is 29.2. The first-order valence-corrected chi connectivity index (χ1v) is 8.30. The van der Waals surface area contributed by atoms with Crippen molar-refractivity contribution in [2.75, 3.05) is 11.2 Å². The SMILES string of the molecule is CC(O)(c1ccc(F)cc1F)C(N1Cc2ccc(N)cc2N1)n1cncn1. The fourth-order valence-electron chi connectivity index (χ4n) is 3.45. The lowest BCUT2D eigenvalue weighted by Crippen LogP contribution is -2.46. The average Bonchev–Trinajstić information content (AvgIpc) is 3.24. The van der Waals surface area contributed by atoms with E-state index in [1.165, 1.54) is 30.3 Å². The van der Waals surface area contributed by atoms with Crippen LogP contribution in [0.15, 0.2) is 49.1 Å². The highest BCUT2D eigenvalue weighted by Gasteiger charge is 2.43. The Labute approximate surface area is 154 Å². The minimum absolute atomic E-state index is 0.0540. The second-order valence-electron chi connectivity index (χ2n) is 6.68. The van der Waals surface area contributed by atoms with E-state index >= 15 is 0 Å². The Morgan fingerprint density at radius 1 is 1.26 bits per heavy atom. The van der Waals surface area contributed by atoms with Crippen LogP contribution >= 0.6 is 0 Å². The van der Waals surface area contributed by atoms with E-state index in [-0.39, 0.29) is 5.56 Å². The van der Waals surface area contributed by atoms with Gasteiger partial charge in [0.05, 0.1) is 5.69 Å². The Morgan fingerprint density at radius 2 is 2.07 bits per heavy atom. The molecule has 140 valence electrons. The molecule has 0 saturated heterocycles. The van der Waals surface area contributed by atoms with Crippen molar-refractivity contribution in [1.29, 1.82) is 0 Å². The molecule has 2 heterocycles. The fourth-order valence-corrected chi connectivity index (χ4v) is 3.45. The molecule has 0 aliphatic carbocycles. The van der Waals surface area contributed by atoms with Crippen molar-refractivity contribution >= 4 is 11.4 Å². The number of halogens is 2. The highest BCUT2D eigenvalue weighted by atomic mass is 19.1. The van der Waals surface area contributed by atoms with E-state index in [0.717, 1.165) is 23.4 Å². The number of nitrogen functional groups attached to an aromatic ring is 1. The van der Waals surface area contributed by atoms with Gasteiger partial charge in [-0.2, -0.15) is 10.1 Å². The van der Waals surface area contributed by atoms with Crippen LogP contribution in [-0.2, 0) is 12.1 Å². The molecule has 27 heavy (non-hydrogen) atoms. The zero-order valence-corrected chi connectivity index (χ0v) is 14.5. The van der Waals surface area contributed by atoms with E-state index in [2.05, 4.69) is 15.5 Å². The van der Waals surface area contributed by atoms with Crippen LogP contribution in [0.2, 0.25) is 0 Å². The highest BCUT2D eigenvalue weighted by molar-refractivity contribution is 5.61. The van der Waals surface area contributed by atoms with Crippen LogP contribution in [0, 0.1) is 11.6 Å². The average molecular weight is 372 g/mol. The molecule has 2 unspecified atom stereocenters. The fraction of sp³-hybridized carbons (Fsp3) is 0.222. The van der Waals surface area contributed by atoms with Crippen molar-refractivity contribution in [2.45, 2.75) is 25.2 Å². The maximum absolute atomic E-state index is 14.5. The second kappa shape index (κ2) is 6.29. The van der Waals surface area contributed by atoms with Gasteiger partial charge in [-0.05, 0) is 30.7 Å². The van der Waals surface area contributed by atoms with Crippen LogP contribution in [0.1, 0.15) is 24.2 Å². The zero-order valence-electron chi connectivity index (χ0n) is 14.5. The number of aromatic nitrogens is 3. The van der Waals surface area contributed by atoms with Crippen LogP contribution in [0.3, 0.4) is 0 Å². The summed E-state index contributed by atoms with van der Waals surface area (Å²) in [4.78, 5) is 3.93. The van der Waals surface area contributed by atoms with E-state index in [1.54, 1.807) is 17.1 Å². The molecule has 7 nitrogen and oxygen atoms in total. The first kappa shape index (κ1) is 17.4. The smallest absolute Gasteiger partial charge is 0.155 e. The molecule has 1 aromatic heterocycles. The molecular formula is C18H18F2N6O. The topological polar surface area (TPSA) is 92.2 Å².